The highest BCUT2D eigenvalue weighted by molar-refractivity contribution is 5.87. The van der Waals surface area contributed by atoms with E-state index in [-0.39, 0.29) is 54.6 Å². The Morgan fingerprint density at radius 3 is 1.59 bits per heavy atom. The molecule has 288 valence electrons. The van der Waals surface area contributed by atoms with Crippen LogP contribution in [-0.4, -0.2) is 49.1 Å². The third-order valence-electron chi connectivity index (χ3n) is 16.2. The van der Waals surface area contributed by atoms with E-state index in [0.29, 0.717) is 35.5 Å². The molecular formula is C45H72O6. The summed E-state index contributed by atoms with van der Waals surface area (Å²) in [5.74, 6) is 7.77. The van der Waals surface area contributed by atoms with Crippen LogP contribution in [0.1, 0.15) is 144 Å². The van der Waals surface area contributed by atoms with Crippen molar-refractivity contribution in [3.63, 3.8) is 0 Å². The fraction of sp³-hybridized carbons (Fsp3) is 0.933. The van der Waals surface area contributed by atoms with Crippen molar-refractivity contribution < 1.29 is 28.5 Å². The zero-order chi connectivity index (χ0) is 35.6. The Hall–Kier alpha value is -0.950. The minimum Gasteiger partial charge on any atom is -0.458 e. The van der Waals surface area contributed by atoms with E-state index in [4.69, 9.17) is 23.7 Å². The predicted molar refractivity (Wildman–Crippen MR) is 199 cm³/mol. The summed E-state index contributed by atoms with van der Waals surface area (Å²) in [6.07, 6.45) is 19.6. The lowest BCUT2D eigenvalue weighted by atomic mass is 9.68. The quantitative estimate of drug-likeness (QED) is 0.108. The molecule has 0 heterocycles. The molecule has 0 saturated heterocycles. The first-order valence-corrected chi connectivity index (χ1v) is 22.1. The lowest BCUT2D eigenvalue weighted by molar-refractivity contribution is -0.269. The summed E-state index contributed by atoms with van der Waals surface area (Å²) >= 11 is 0. The standard InChI is InChI=1S/C45H72O6/c1-8-31-41(50-45(26(6)7)49-40-22-30-20-37(40)35-17-11-15-33(30)35)23-38(27-12-9-13-28(18-27)42(31)51-43(46)24(2)3)47-44(25(4)5)48-39-21-29-19-36(39)34-16-10-14-32(29)34/h25-42,44-45H,2,8-23H2,1,3-7H3/t27?,28?,29?,30?,31?,32?,33?,34?,35?,36?,37?,38?,39?,40?,41?,42-,44?,45?/m1/s1. The molecule has 8 fully saturated rings. The van der Waals surface area contributed by atoms with Gasteiger partial charge in [0.15, 0.2) is 12.6 Å². The average molecular weight is 709 g/mol. The van der Waals surface area contributed by atoms with Crippen molar-refractivity contribution in [1.29, 1.82) is 0 Å². The third-order valence-corrected chi connectivity index (χ3v) is 16.2. The monoisotopic (exact) mass is 709 g/mol. The van der Waals surface area contributed by atoms with Gasteiger partial charge < -0.3 is 23.7 Å². The van der Waals surface area contributed by atoms with Crippen molar-refractivity contribution in [3.8, 4) is 0 Å². The first-order chi connectivity index (χ1) is 24.6. The second kappa shape index (κ2) is 15.3. The molecule has 8 rings (SSSR count). The van der Waals surface area contributed by atoms with Crippen molar-refractivity contribution in [2.75, 3.05) is 0 Å². The van der Waals surface area contributed by atoms with Crippen LogP contribution >= 0.6 is 0 Å². The molecule has 51 heavy (non-hydrogen) atoms. The van der Waals surface area contributed by atoms with Crippen LogP contribution in [-0.2, 0) is 28.5 Å². The van der Waals surface area contributed by atoms with Gasteiger partial charge in [-0.3, -0.25) is 0 Å². The zero-order valence-corrected chi connectivity index (χ0v) is 33.0. The fourth-order valence-corrected chi connectivity index (χ4v) is 14.0. The molecule has 0 aromatic rings. The van der Waals surface area contributed by atoms with E-state index in [1.165, 1.54) is 64.2 Å². The molecule has 0 N–H and O–H groups in total. The SMILES string of the molecule is C=C(C)C(=O)O[C@@H]1C2CCCC(C2)C(OC(OC2CC3CC2C2CCCC32)C(C)C)CC(OC(OC2CC3CC2C2CCCC32)C(C)C)C1CC. The molecule has 8 aliphatic rings. The van der Waals surface area contributed by atoms with Gasteiger partial charge in [0, 0.05) is 29.7 Å². The number of carbonyl (C=O) groups excluding carboxylic acids is 1. The van der Waals surface area contributed by atoms with Crippen molar-refractivity contribution in [2.24, 2.45) is 76.9 Å². The van der Waals surface area contributed by atoms with E-state index in [9.17, 15) is 4.79 Å². The molecule has 6 nitrogen and oxygen atoms in total. The number of hydrogen-bond acceptors (Lipinski definition) is 6. The van der Waals surface area contributed by atoms with Gasteiger partial charge in [-0.2, -0.15) is 0 Å². The van der Waals surface area contributed by atoms with Gasteiger partial charge in [-0.15, -0.1) is 0 Å². The van der Waals surface area contributed by atoms with Gasteiger partial charge in [0.1, 0.15) is 6.10 Å². The number of hydrogen-bond donors (Lipinski definition) is 0. The first kappa shape index (κ1) is 37.0. The van der Waals surface area contributed by atoms with Gasteiger partial charge in [0.25, 0.3) is 0 Å². The molecule has 8 saturated carbocycles. The van der Waals surface area contributed by atoms with Crippen molar-refractivity contribution >= 4 is 5.97 Å². The second-order valence-electron chi connectivity index (χ2n) is 19.9. The maximum Gasteiger partial charge on any atom is 0.333 e. The molecule has 6 bridgehead atoms. The predicted octanol–water partition coefficient (Wildman–Crippen LogP) is 10.1. The Bertz CT molecular complexity index is 1230. The van der Waals surface area contributed by atoms with E-state index >= 15 is 0 Å². The highest BCUT2D eigenvalue weighted by Crippen LogP contribution is 2.61. The van der Waals surface area contributed by atoms with Crippen LogP contribution in [0.25, 0.3) is 0 Å². The van der Waals surface area contributed by atoms with Gasteiger partial charge in [-0.25, -0.2) is 4.79 Å². The maximum atomic E-state index is 13.2. The Morgan fingerprint density at radius 1 is 0.569 bits per heavy atom. The summed E-state index contributed by atoms with van der Waals surface area (Å²) in [5, 5.41) is 0. The smallest absolute Gasteiger partial charge is 0.333 e. The van der Waals surface area contributed by atoms with Gasteiger partial charge in [-0.1, -0.05) is 60.5 Å². The summed E-state index contributed by atoms with van der Waals surface area (Å²) in [4.78, 5) is 13.2. The maximum absolute atomic E-state index is 13.2. The van der Waals surface area contributed by atoms with Gasteiger partial charge in [-0.05, 0) is 143 Å². The largest absolute Gasteiger partial charge is 0.458 e. The van der Waals surface area contributed by atoms with Gasteiger partial charge >= 0.3 is 5.97 Å². The lowest BCUT2D eigenvalue weighted by Crippen LogP contribution is -2.51. The van der Waals surface area contributed by atoms with Crippen LogP contribution in [0, 0.1) is 76.9 Å². The molecule has 17 unspecified atom stereocenters. The van der Waals surface area contributed by atoms with Gasteiger partial charge in [0.2, 0.25) is 0 Å². The molecule has 0 spiro atoms. The highest BCUT2D eigenvalue weighted by Gasteiger charge is 2.57. The summed E-state index contributed by atoms with van der Waals surface area (Å²) in [6.45, 7) is 17.1. The van der Waals surface area contributed by atoms with Crippen LogP contribution in [0.2, 0.25) is 0 Å². The number of esters is 1. The van der Waals surface area contributed by atoms with Crippen LogP contribution in [0.5, 0.6) is 0 Å². The number of rotatable bonds is 13. The molecule has 0 aromatic heterocycles. The van der Waals surface area contributed by atoms with Crippen molar-refractivity contribution in [1.82, 2.24) is 0 Å². The fourth-order valence-electron chi connectivity index (χ4n) is 14.0. The number of ether oxygens (including phenoxy) is 5. The molecule has 6 heteroatoms. The van der Waals surface area contributed by atoms with E-state index in [0.717, 1.165) is 80.0 Å². The van der Waals surface area contributed by atoms with Crippen molar-refractivity contribution in [2.45, 2.75) is 187 Å². The minimum atomic E-state index is -0.281. The van der Waals surface area contributed by atoms with Crippen LogP contribution in [0.15, 0.2) is 12.2 Å². The highest BCUT2D eigenvalue weighted by atomic mass is 16.7. The summed E-state index contributed by atoms with van der Waals surface area (Å²) in [6, 6.07) is 0. The average Bonchev–Trinajstić information content (AvgIpc) is 3.95. The van der Waals surface area contributed by atoms with Crippen LogP contribution in [0.3, 0.4) is 0 Å². The molecule has 0 amide bonds. The normalized spacial score (nSPS) is 46.6. The van der Waals surface area contributed by atoms with E-state index in [1.807, 2.05) is 0 Å². The van der Waals surface area contributed by atoms with E-state index in [1.54, 1.807) is 6.92 Å². The van der Waals surface area contributed by atoms with Crippen LogP contribution in [0.4, 0.5) is 0 Å². The molecule has 8 aliphatic carbocycles. The Balaban J connectivity index is 1.04. The second-order valence-corrected chi connectivity index (χ2v) is 19.9. The first-order valence-electron chi connectivity index (χ1n) is 22.1. The van der Waals surface area contributed by atoms with E-state index in [2.05, 4.69) is 41.2 Å². The Kier molecular flexibility index (Phi) is 11.1. The molecular weight excluding hydrogens is 636 g/mol. The molecule has 0 aliphatic heterocycles. The summed E-state index contributed by atoms with van der Waals surface area (Å²) < 4.78 is 35.4. The molecule has 0 radical (unpaired) electrons. The minimum absolute atomic E-state index is 0.0458. The van der Waals surface area contributed by atoms with Crippen LogP contribution < -0.4 is 0 Å². The topological polar surface area (TPSA) is 63.2 Å². The summed E-state index contributed by atoms with van der Waals surface area (Å²) in [7, 11) is 0. The third kappa shape index (κ3) is 7.17. The lowest BCUT2D eigenvalue weighted by Gasteiger charge is -2.48. The van der Waals surface area contributed by atoms with E-state index < -0.39 is 0 Å². The number of carbonyl (C=O) groups is 1. The Labute approximate surface area is 310 Å². The number of fused-ring (bicyclic) bond motifs is 12. The summed E-state index contributed by atoms with van der Waals surface area (Å²) in [5.41, 5.74) is 0.476. The van der Waals surface area contributed by atoms with Gasteiger partial charge in [0.05, 0.1) is 24.4 Å². The molecule has 18 atom stereocenters. The zero-order valence-electron chi connectivity index (χ0n) is 33.0. The molecule has 0 aromatic carbocycles. The Morgan fingerprint density at radius 2 is 1.06 bits per heavy atom. The van der Waals surface area contributed by atoms with Crippen molar-refractivity contribution in [3.05, 3.63) is 12.2 Å².